The van der Waals surface area contributed by atoms with E-state index in [1.165, 1.54) is 11.8 Å². The van der Waals surface area contributed by atoms with Gasteiger partial charge in [0.25, 0.3) is 0 Å². The average Bonchev–Trinajstić information content (AvgIpc) is 2.77. The summed E-state index contributed by atoms with van der Waals surface area (Å²) in [6, 6.07) is 7.65. The van der Waals surface area contributed by atoms with Crippen LogP contribution in [-0.2, 0) is 4.79 Å². The van der Waals surface area contributed by atoms with E-state index in [2.05, 4.69) is 9.97 Å². The van der Waals surface area contributed by atoms with Crippen LogP contribution in [-0.4, -0.2) is 21.7 Å². The van der Waals surface area contributed by atoms with E-state index in [9.17, 15) is 9.90 Å². The lowest BCUT2D eigenvalue weighted by molar-refractivity contribution is -0.305. The van der Waals surface area contributed by atoms with Crippen molar-refractivity contribution in [2.45, 2.75) is 18.4 Å². The first-order chi connectivity index (χ1) is 9.65. The summed E-state index contributed by atoms with van der Waals surface area (Å²) >= 11 is 1.34. The molecule has 0 bridgehead atoms. The van der Waals surface area contributed by atoms with E-state index < -0.39 is 5.97 Å². The first-order valence-corrected chi connectivity index (χ1v) is 7.12. The Kier molecular flexibility index (Phi) is 3.31. The lowest BCUT2D eigenvalue weighted by Crippen LogP contribution is -2.22. The molecular weight excluding hydrogens is 276 g/mol. The summed E-state index contributed by atoms with van der Waals surface area (Å²) in [5, 5.41) is 12.1. The molecule has 20 heavy (non-hydrogen) atoms. The number of benzene rings is 1. The molecule has 0 radical (unpaired) electrons. The number of carboxylic acids is 1. The Labute approximate surface area is 119 Å². The maximum absolute atomic E-state index is 10.5. The fraction of sp³-hybridized carbons (Fsp3) is 0.214. The highest BCUT2D eigenvalue weighted by molar-refractivity contribution is 7.99. The van der Waals surface area contributed by atoms with Crippen LogP contribution < -0.4 is 5.11 Å². The second-order valence-corrected chi connectivity index (χ2v) is 5.41. The van der Waals surface area contributed by atoms with Crippen LogP contribution in [0.1, 0.15) is 12.2 Å². The lowest BCUT2D eigenvalue weighted by atomic mass is 10.2. The third-order valence-electron chi connectivity index (χ3n) is 2.85. The molecule has 0 aliphatic carbocycles. The smallest absolute Gasteiger partial charge is 0.186 e. The van der Waals surface area contributed by atoms with Gasteiger partial charge in [0.2, 0.25) is 0 Å². The van der Waals surface area contributed by atoms with Crippen LogP contribution in [0.3, 0.4) is 0 Å². The normalized spacial score (nSPS) is 11.2. The molecule has 0 unspecified atom stereocenters. The Balaban J connectivity index is 2.09. The van der Waals surface area contributed by atoms with Gasteiger partial charge in [-0.25, -0.2) is 9.97 Å². The molecule has 102 valence electrons. The minimum Gasteiger partial charge on any atom is -0.550 e. The molecule has 0 saturated carbocycles. The molecule has 0 spiro atoms. The molecular formula is C14H11N2O3S-. The zero-order valence-corrected chi connectivity index (χ0v) is 11.6. The molecule has 2 aromatic heterocycles. The summed E-state index contributed by atoms with van der Waals surface area (Å²) in [7, 11) is 0. The van der Waals surface area contributed by atoms with Crippen LogP contribution in [0.4, 0.5) is 0 Å². The number of nitrogens with zero attached hydrogens (tertiary/aromatic N) is 2. The number of aliphatic carboxylic acids is 1. The molecule has 5 nitrogen and oxygen atoms in total. The average molecular weight is 287 g/mol. The number of carbonyl (C=O) groups is 1. The topological polar surface area (TPSA) is 79.0 Å². The monoisotopic (exact) mass is 287 g/mol. The number of furan rings is 1. The van der Waals surface area contributed by atoms with E-state index in [4.69, 9.17) is 4.42 Å². The van der Waals surface area contributed by atoms with E-state index in [1.54, 1.807) is 0 Å². The molecule has 0 amide bonds. The Morgan fingerprint density at radius 1 is 1.35 bits per heavy atom. The summed E-state index contributed by atoms with van der Waals surface area (Å²) < 4.78 is 5.79. The zero-order chi connectivity index (χ0) is 14.1. The third kappa shape index (κ3) is 2.34. The van der Waals surface area contributed by atoms with E-state index >= 15 is 0 Å². The molecule has 6 heteroatoms. The van der Waals surface area contributed by atoms with Crippen molar-refractivity contribution in [3.05, 3.63) is 30.1 Å². The van der Waals surface area contributed by atoms with Crippen LogP contribution in [0.15, 0.2) is 33.7 Å². The standard InChI is InChI=1S/C14H12N2O3S/c1-8-15-12-9-4-2-3-5-10(9)19-13(12)14(16-8)20-7-6-11(17)18/h2-5H,6-7H2,1H3,(H,17,18)/p-1. The van der Waals surface area contributed by atoms with Crippen molar-refractivity contribution in [3.63, 3.8) is 0 Å². The van der Waals surface area contributed by atoms with Gasteiger partial charge in [0.15, 0.2) is 5.58 Å². The van der Waals surface area contributed by atoms with Crippen molar-refractivity contribution in [3.8, 4) is 0 Å². The largest absolute Gasteiger partial charge is 0.550 e. The predicted molar refractivity (Wildman–Crippen MR) is 74.4 cm³/mol. The number of aromatic nitrogens is 2. The van der Waals surface area contributed by atoms with E-state index in [0.717, 1.165) is 16.5 Å². The van der Waals surface area contributed by atoms with Gasteiger partial charge >= 0.3 is 0 Å². The van der Waals surface area contributed by atoms with Crippen LogP contribution in [0, 0.1) is 6.92 Å². The molecule has 0 fully saturated rings. The van der Waals surface area contributed by atoms with Crippen molar-refractivity contribution < 1.29 is 14.3 Å². The highest BCUT2D eigenvalue weighted by Crippen LogP contribution is 2.33. The molecule has 1 aromatic carbocycles. The molecule has 0 saturated heterocycles. The number of fused-ring (bicyclic) bond motifs is 3. The Hall–Kier alpha value is -2.08. The van der Waals surface area contributed by atoms with Crippen molar-refractivity contribution in [2.24, 2.45) is 0 Å². The molecule has 0 atom stereocenters. The fourth-order valence-electron chi connectivity index (χ4n) is 2.00. The van der Waals surface area contributed by atoms with Gasteiger partial charge < -0.3 is 14.3 Å². The van der Waals surface area contributed by atoms with Gasteiger partial charge in [-0.15, -0.1) is 11.8 Å². The van der Waals surface area contributed by atoms with Crippen molar-refractivity contribution in [1.29, 1.82) is 0 Å². The number of carbonyl (C=O) groups excluding carboxylic acids is 1. The minimum absolute atomic E-state index is 0.0184. The second kappa shape index (κ2) is 5.13. The first kappa shape index (κ1) is 12.9. The quantitative estimate of drug-likeness (QED) is 0.539. The Morgan fingerprint density at radius 3 is 2.95 bits per heavy atom. The van der Waals surface area contributed by atoms with Gasteiger partial charge in [-0.3, -0.25) is 0 Å². The predicted octanol–water partition coefficient (Wildman–Crippen LogP) is 1.92. The summed E-state index contributed by atoms with van der Waals surface area (Å²) in [5.74, 6) is -0.0329. The molecule has 3 aromatic rings. The number of aryl methyl sites for hydroxylation is 1. The van der Waals surface area contributed by atoms with E-state index in [0.29, 0.717) is 22.2 Å². The SMILES string of the molecule is Cc1nc(SCCC(=O)[O-])c2oc3ccccc3c2n1. The van der Waals surface area contributed by atoms with Crippen LogP contribution >= 0.6 is 11.8 Å². The van der Waals surface area contributed by atoms with Crippen LogP contribution in [0.2, 0.25) is 0 Å². The summed E-state index contributed by atoms with van der Waals surface area (Å²) in [6.07, 6.45) is -0.0184. The Morgan fingerprint density at radius 2 is 2.15 bits per heavy atom. The fourth-order valence-corrected chi connectivity index (χ4v) is 2.93. The van der Waals surface area contributed by atoms with E-state index in [-0.39, 0.29) is 6.42 Å². The van der Waals surface area contributed by atoms with Crippen LogP contribution in [0.5, 0.6) is 0 Å². The lowest BCUT2D eigenvalue weighted by Gasteiger charge is -2.03. The first-order valence-electron chi connectivity index (χ1n) is 6.13. The maximum Gasteiger partial charge on any atom is 0.186 e. The molecule has 2 heterocycles. The molecule has 0 aliphatic rings. The zero-order valence-electron chi connectivity index (χ0n) is 10.8. The number of thioether (sulfide) groups is 1. The van der Waals surface area contributed by atoms with Gasteiger partial charge in [-0.2, -0.15) is 0 Å². The number of carboxylic acid groups (broad SMARTS) is 1. The summed E-state index contributed by atoms with van der Waals surface area (Å²) in [4.78, 5) is 19.2. The summed E-state index contributed by atoms with van der Waals surface area (Å²) in [5.41, 5.74) is 2.13. The number of rotatable bonds is 4. The Bertz CT molecular complexity index is 798. The third-order valence-corrected chi connectivity index (χ3v) is 3.80. The van der Waals surface area contributed by atoms with Gasteiger partial charge in [0.1, 0.15) is 22.0 Å². The van der Waals surface area contributed by atoms with Crippen molar-refractivity contribution >= 4 is 39.8 Å². The molecule has 3 rings (SSSR count). The highest BCUT2D eigenvalue weighted by atomic mass is 32.2. The molecule has 0 aliphatic heterocycles. The maximum atomic E-state index is 10.5. The van der Waals surface area contributed by atoms with Gasteiger partial charge in [0, 0.05) is 17.1 Å². The highest BCUT2D eigenvalue weighted by Gasteiger charge is 2.14. The van der Waals surface area contributed by atoms with E-state index in [1.807, 2.05) is 31.2 Å². The number of para-hydroxylation sites is 1. The number of hydrogen-bond acceptors (Lipinski definition) is 6. The van der Waals surface area contributed by atoms with Gasteiger partial charge in [-0.1, -0.05) is 12.1 Å². The second-order valence-electron chi connectivity index (χ2n) is 4.32. The molecule has 0 N–H and O–H groups in total. The minimum atomic E-state index is -1.07. The van der Waals surface area contributed by atoms with Crippen molar-refractivity contribution in [2.75, 3.05) is 5.75 Å². The van der Waals surface area contributed by atoms with Crippen molar-refractivity contribution in [1.82, 2.24) is 9.97 Å². The van der Waals surface area contributed by atoms with Gasteiger partial charge in [0.05, 0.1) is 0 Å². The van der Waals surface area contributed by atoms with Crippen LogP contribution in [0.25, 0.3) is 22.1 Å². The number of hydrogen-bond donors (Lipinski definition) is 0. The van der Waals surface area contributed by atoms with Gasteiger partial charge in [-0.05, 0) is 25.5 Å². The summed E-state index contributed by atoms with van der Waals surface area (Å²) in [6.45, 7) is 1.81.